The molecule has 1 aliphatic carbocycles. The van der Waals surface area contributed by atoms with Crippen LogP contribution in [-0.4, -0.2) is 24.5 Å². The third kappa shape index (κ3) is 3.21. The minimum atomic E-state index is 1.02. The van der Waals surface area contributed by atoms with Crippen LogP contribution in [-0.2, 0) is 0 Å². The molecule has 2 rings (SSSR count). The van der Waals surface area contributed by atoms with Crippen molar-refractivity contribution < 1.29 is 0 Å². The van der Waals surface area contributed by atoms with Crippen LogP contribution in [0, 0.1) is 17.8 Å². The molecule has 0 spiro atoms. The lowest BCUT2D eigenvalue weighted by atomic mass is 9.75. The SMILES string of the molecule is CCCC1CCN(C[C@H]2C[C@H](C)C2)CC1. The van der Waals surface area contributed by atoms with Crippen LogP contribution in [0.4, 0.5) is 0 Å². The molecule has 0 N–H and O–H groups in total. The molecule has 2 aliphatic rings. The van der Waals surface area contributed by atoms with Gasteiger partial charge in [-0.1, -0.05) is 26.7 Å². The van der Waals surface area contributed by atoms with E-state index in [2.05, 4.69) is 18.7 Å². The molecule has 1 heterocycles. The summed E-state index contributed by atoms with van der Waals surface area (Å²) in [6.45, 7) is 8.89. The second-order valence-electron chi connectivity index (χ2n) is 5.98. The van der Waals surface area contributed by atoms with Crippen LogP contribution in [0.5, 0.6) is 0 Å². The van der Waals surface area contributed by atoms with Crippen molar-refractivity contribution in [1.82, 2.24) is 4.90 Å². The molecular formula is C14H27N. The van der Waals surface area contributed by atoms with Crippen molar-refractivity contribution in [2.75, 3.05) is 19.6 Å². The van der Waals surface area contributed by atoms with Gasteiger partial charge in [0.25, 0.3) is 0 Å². The van der Waals surface area contributed by atoms with Gasteiger partial charge in [0, 0.05) is 6.54 Å². The molecule has 0 atom stereocenters. The lowest BCUT2D eigenvalue weighted by Crippen LogP contribution is -2.40. The predicted octanol–water partition coefficient (Wildman–Crippen LogP) is 3.54. The zero-order chi connectivity index (χ0) is 10.7. The highest BCUT2D eigenvalue weighted by Gasteiger charge is 2.28. The Morgan fingerprint density at radius 1 is 1.07 bits per heavy atom. The van der Waals surface area contributed by atoms with Gasteiger partial charge < -0.3 is 4.90 Å². The Kier molecular flexibility index (Phi) is 4.07. The smallest absolute Gasteiger partial charge is 0.000986 e. The zero-order valence-corrected chi connectivity index (χ0v) is 10.5. The van der Waals surface area contributed by atoms with E-state index in [1.165, 1.54) is 58.2 Å². The number of likely N-dealkylation sites (tertiary alicyclic amines) is 1. The van der Waals surface area contributed by atoms with Gasteiger partial charge in [0.15, 0.2) is 0 Å². The van der Waals surface area contributed by atoms with E-state index < -0.39 is 0 Å². The minimum Gasteiger partial charge on any atom is -0.303 e. The van der Waals surface area contributed by atoms with Crippen LogP contribution >= 0.6 is 0 Å². The summed E-state index contributed by atoms with van der Waals surface area (Å²) in [4.78, 5) is 2.72. The Hall–Kier alpha value is -0.0400. The molecule has 0 aromatic heterocycles. The summed E-state index contributed by atoms with van der Waals surface area (Å²) < 4.78 is 0. The summed E-state index contributed by atoms with van der Waals surface area (Å²) in [6, 6.07) is 0. The molecule has 0 amide bonds. The van der Waals surface area contributed by atoms with Gasteiger partial charge in [-0.3, -0.25) is 0 Å². The van der Waals surface area contributed by atoms with Crippen molar-refractivity contribution in [3.63, 3.8) is 0 Å². The Bertz CT molecular complexity index is 176. The van der Waals surface area contributed by atoms with Crippen molar-refractivity contribution >= 4 is 0 Å². The molecule has 0 unspecified atom stereocenters. The van der Waals surface area contributed by atoms with Crippen LogP contribution in [0.25, 0.3) is 0 Å². The van der Waals surface area contributed by atoms with E-state index in [1.807, 2.05) is 0 Å². The third-order valence-electron chi connectivity index (χ3n) is 4.39. The maximum absolute atomic E-state index is 2.72. The first-order valence-corrected chi connectivity index (χ1v) is 7.00. The molecule has 88 valence electrons. The monoisotopic (exact) mass is 209 g/mol. The average molecular weight is 209 g/mol. The van der Waals surface area contributed by atoms with Crippen LogP contribution in [0.2, 0.25) is 0 Å². The van der Waals surface area contributed by atoms with Crippen molar-refractivity contribution in [2.24, 2.45) is 17.8 Å². The third-order valence-corrected chi connectivity index (χ3v) is 4.39. The highest BCUT2D eigenvalue weighted by Crippen LogP contribution is 2.34. The number of piperidine rings is 1. The summed E-state index contributed by atoms with van der Waals surface area (Å²) >= 11 is 0. The molecule has 15 heavy (non-hydrogen) atoms. The van der Waals surface area contributed by atoms with Crippen LogP contribution in [0.3, 0.4) is 0 Å². The van der Waals surface area contributed by atoms with Crippen LogP contribution in [0.15, 0.2) is 0 Å². The summed E-state index contributed by atoms with van der Waals surface area (Å²) in [5.41, 5.74) is 0. The molecule has 0 bridgehead atoms. The highest BCUT2D eigenvalue weighted by atomic mass is 15.1. The van der Waals surface area contributed by atoms with Gasteiger partial charge >= 0.3 is 0 Å². The van der Waals surface area contributed by atoms with Gasteiger partial charge in [0.2, 0.25) is 0 Å². The molecule has 1 aliphatic heterocycles. The van der Waals surface area contributed by atoms with Gasteiger partial charge in [-0.2, -0.15) is 0 Å². The van der Waals surface area contributed by atoms with Crippen molar-refractivity contribution in [2.45, 2.75) is 52.4 Å². The van der Waals surface area contributed by atoms with Gasteiger partial charge in [0.1, 0.15) is 0 Å². The second-order valence-corrected chi connectivity index (χ2v) is 5.98. The molecule has 1 saturated heterocycles. The van der Waals surface area contributed by atoms with E-state index in [9.17, 15) is 0 Å². The first-order valence-electron chi connectivity index (χ1n) is 7.00. The number of hydrogen-bond donors (Lipinski definition) is 0. The van der Waals surface area contributed by atoms with Crippen molar-refractivity contribution in [3.8, 4) is 0 Å². The van der Waals surface area contributed by atoms with Gasteiger partial charge in [-0.25, -0.2) is 0 Å². The van der Waals surface area contributed by atoms with Crippen LogP contribution < -0.4 is 0 Å². The Labute approximate surface area is 95.2 Å². The molecule has 2 fully saturated rings. The van der Waals surface area contributed by atoms with Crippen molar-refractivity contribution in [3.05, 3.63) is 0 Å². The van der Waals surface area contributed by atoms with Crippen molar-refractivity contribution in [1.29, 1.82) is 0 Å². The summed E-state index contributed by atoms with van der Waals surface area (Å²) in [6.07, 6.45) is 8.77. The van der Waals surface area contributed by atoms with E-state index in [0.29, 0.717) is 0 Å². The lowest BCUT2D eigenvalue weighted by molar-refractivity contribution is 0.103. The number of nitrogens with zero attached hydrogens (tertiary/aromatic N) is 1. The minimum absolute atomic E-state index is 1.02. The molecule has 1 saturated carbocycles. The van der Waals surface area contributed by atoms with E-state index in [1.54, 1.807) is 0 Å². The van der Waals surface area contributed by atoms with Gasteiger partial charge in [-0.15, -0.1) is 0 Å². The summed E-state index contributed by atoms with van der Waals surface area (Å²) in [5.74, 6) is 3.11. The van der Waals surface area contributed by atoms with E-state index in [-0.39, 0.29) is 0 Å². The Morgan fingerprint density at radius 3 is 2.27 bits per heavy atom. The Balaban J connectivity index is 1.61. The average Bonchev–Trinajstić information content (AvgIpc) is 2.19. The topological polar surface area (TPSA) is 3.24 Å². The largest absolute Gasteiger partial charge is 0.303 e. The fourth-order valence-corrected chi connectivity index (χ4v) is 3.45. The molecule has 0 aromatic rings. The molecule has 0 radical (unpaired) electrons. The molecule has 0 aromatic carbocycles. The van der Waals surface area contributed by atoms with E-state index >= 15 is 0 Å². The van der Waals surface area contributed by atoms with Gasteiger partial charge in [0.05, 0.1) is 0 Å². The highest BCUT2D eigenvalue weighted by molar-refractivity contribution is 4.81. The van der Waals surface area contributed by atoms with Crippen LogP contribution in [0.1, 0.15) is 52.4 Å². The first kappa shape index (κ1) is 11.4. The number of hydrogen-bond acceptors (Lipinski definition) is 1. The predicted molar refractivity (Wildman–Crippen MR) is 66.0 cm³/mol. The number of rotatable bonds is 4. The lowest BCUT2D eigenvalue weighted by Gasteiger charge is -2.39. The maximum Gasteiger partial charge on any atom is 0.000986 e. The first-order chi connectivity index (χ1) is 7.28. The molecule has 1 heteroatoms. The normalized spacial score (nSPS) is 34.0. The zero-order valence-electron chi connectivity index (χ0n) is 10.5. The fourth-order valence-electron chi connectivity index (χ4n) is 3.45. The standard InChI is InChI=1S/C14H27N/c1-3-4-13-5-7-15(8-6-13)11-14-9-12(2)10-14/h12-14H,3-11H2,1-2H3/t12-,14-. The Morgan fingerprint density at radius 2 is 1.73 bits per heavy atom. The summed E-state index contributed by atoms with van der Waals surface area (Å²) in [5, 5.41) is 0. The quantitative estimate of drug-likeness (QED) is 0.684. The van der Waals surface area contributed by atoms with Gasteiger partial charge in [-0.05, 0) is 56.5 Å². The maximum atomic E-state index is 2.72. The van der Waals surface area contributed by atoms with E-state index in [4.69, 9.17) is 0 Å². The second kappa shape index (κ2) is 5.34. The summed E-state index contributed by atoms with van der Waals surface area (Å²) in [7, 11) is 0. The van der Waals surface area contributed by atoms with E-state index in [0.717, 1.165) is 17.8 Å². The fraction of sp³-hybridized carbons (Fsp3) is 1.00. The molecular weight excluding hydrogens is 182 g/mol. The molecule has 1 nitrogen and oxygen atoms in total.